The van der Waals surface area contributed by atoms with Crippen molar-refractivity contribution in [3.8, 4) is 0 Å². The molecule has 3 N–H and O–H groups in total. The van der Waals surface area contributed by atoms with Crippen LogP contribution in [0.25, 0.3) is 0 Å². The third-order valence-electron chi connectivity index (χ3n) is 1.58. The molecule has 0 aromatic rings. The van der Waals surface area contributed by atoms with Gasteiger partial charge in [0.15, 0.2) is 15.1 Å². The fourth-order valence-corrected chi connectivity index (χ4v) is 2.85. The Bertz CT molecular complexity index is 332. The predicted octanol–water partition coefficient (Wildman–Crippen LogP) is -1.00. The molecule has 6 nitrogen and oxygen atoms in total. The van der Waals surface area contributed by atoms with E-state index in [-0.39, 0.29) is 0 Å². The number of carbonyl (C=O) groups excluding carboxylic acids is 1. The topological polar surface area (TPSA) is 115 Å². The molecule has 1 unspecified atom stereocenters. The van der Waals surface area contributed by atoms with Crippen molar-refractivity contribution >= 4 is 21.7 Å². The normalized spacial score (nSPS) is 13.9. The minimum absolute atomic E-state index is 0.600. The molecule has 0 bridgehead atoms. The highest BCUT2D eigenvalue weighted by Crippen LogP contribution is 2.13. The second-order valence-electron chi connectivity index (χ2n) is 3.28. The number of amides is 1. The molecule has 14 heavy (non-hydrogen) atoms. The average Bonchev–Trinajstić information content (AvgIpc) is 1.77. The lowest BCUT2D eigenvalue weighted by Crippen LogP contribution is -2.39. The van der Waals surface area contributed by atoms with E-state index in [9.17, 15) is 18.0 Å². The first-order valence-electron chi connectivity index (χ1n) is 3.91. The number of sulfone groups is 1. The van der Waals surface area contributed by atoms with Crippen molar-refractivity contribution in [2.75, 3.05) is 5.75 Å². The fraction of sp³-hybridized carbons (Fsp3) is 0.714. The molecule has 0 heterocycles. The van der Waals surface area contributed by atoms with Crippen LogP contribution in [0, 0.1) is 5.92 Å². The molecular weight excluding hydrogens is 210 g/mol. The van der Waals surface area contributed by atoms with Crippen LogP contribution in [0.2, 0.25) is 0 Å². The zero-order valence-corrected chi connectivity index (χ0v) is 8.74. The summed E-state index contributed by atoms with van der Waals surface area (Å²) in [5.41, 5.74) is 4.71. The minimum atomic E-state index is -3.99. The van der Waals surface area contributed by atoms with Gasteiger partial charge in [0.2, 0.25) is 5.91 Å². The number of hydrogen-bond acceptors (Lipinski definition) is 4. The van der Waals surface area contributed by atoms with E-state index in [4.69, 9.17) is 10.8 Å². The molecular formula is C7H13NO5S. The molecule has 0 fully saturated rings. The van der Waals surface area contributed by atoms with E-state index in [2.05, 4.69) is 0 Å². The number of carboxylic acid groups (broad SMARTS) is 1. The predicted molar refractivity (Wildman–Crippen MR) is 49.2 cm³/mol. The van der Waals surface area contributed by atoms with Gasteiger partial charge in [-0.05, 0) is 5.92 Å². The van der Waals surface area contributed by atoms with Crippen LogP contribution in [0.15, 0.2) is 0 Å². The largest absolute Gasteiger partial charge is 0.480 e. The maximum Gasteiger partial charge on any atom is 0.322 e. The van der Waals surface area contributed by atoms with Crippen molar-refractivity contribution in [2.45, 2.75) is 19.1 Å². The van der Waals surface area contributed by atoms with Crippen LogP contribution in [0.4, 0.5) is 0 Å². The lowest BCUT2D eigenvalue weighted by Gasteiger charge is -2.15. The highest BCUT2D eigenvalue weighted by atomic mass is 32.2. The molecule has 0 saturated heterocycles. The quantitative estimate of drug-likeness (QED) is 0.620. The fourth-order valence-electron chi connectivity index (χ4n) is 1.14. The Morgan fingerprint density at radius 1 is 1.36 bits per heavy atom. The molecule has 0 rings (SSSR count). The van der Waals surface area contributed by atoms with E-state index in [1.54, 1.807) is 0 Å². The summed E-state index contributed by atoms with van der Waals surface area (Å²) < 4.78 is 22.7. The lowest BCUT2D eigenvalue weighted by molar-refractivity contribution is -0.137. The van der Waals surface area contributed by atoms with Gasteiger partial charge >= 0.3 is 5.97 Å². The summed E-state index contributed by atoms with van der Waals surface area (Å²) in [6.45, 7) is 2.91. The monoisotopic (exact) mass is 223 g/mol. The van der Waals surface area contributed by atoms with E-state index >= 15 is 0 Å². The van der Waals surface area contributed by atoms with Gasteiger partial charge in [0.1, 0.15) is 5.75 Å². The molecule has 0 aliphatic rings. The summed E-state index contributed by atoms with van der Waals surface area (Å²) in [5.74, 6) is -4.03. The number of hydrogen-bond donors (Lipinski definition) is 2. The van der Waals surface area contributed by atoms with E-state index < -0.39 is 38.6 Å². The maximum atomic E-state index is 11.3. The molecule has 0 aliphatic carbocycles. The maximum absolute atomic E-state index is 11.3. The summed E-state index contributed by atoms with van der Waals surface area (Å²) in [5, 5.41) is 7.09. The highest BCUT2D eigenvalue weighted by molar-refractivity contribution is 7.93. The van der Waals surface area contributed by atoms with Crippen LogP contribution in [-0.4, -0.2) is 36.4 Å². The molecule has 0 aliphatic heterocycles. The first-order valence-corrected chi connectivity index (χ1v) is 5.62. The van der Waals surface area contributed by atoms with Gasteiger partial charge in [0, 0.05) is 0 Å². The molecule has 0 spiro atoms. The molecule has 82 valence electrons. The zero-order valence-electron chi connectivity index (χ0n) is 7.93. The van der Waals surface area contributed by atoms with Crippen molar-refractivity contribution in [3.05, 3.63) is 0 Å². The van der Waals surface area contributed by atoms with Gasteiger partial charge in [-0.15, -0.1) is 0 Å². The first kappa shape index (κ1) is 12.9. The number of nitrogens with two attached hydrogens (primary N) is 1. The Kier molecular flexibility index (Phi) is 4.06. The van der Waals surface area contributed by atoms with Crippen molar-refractivity contribution < 1.29 is 23.1 Å². The minimum Gasteiger partial charge on any atom is -0.480 e. The SMILES string of the molecule is CC(C)C(C(=O)O)S(=O)(=O)CC(N)=O. The van der Waals surface area contributed by atoms with E-state index in [1.165, 1.54) is 13.8 Å². The van der Waals surface area contributed by atoms with Crippen molar-refractivity contribution in [2.24, 2.45) is 11.7 Å². The summed E-state index contributed by atoms with van der Waals surface area (Å²) in [6, 6.07) is 0. The second kappa shape index (κ2) is 4.41. The number of aliphatic carboxylic acids is 1. The molecule has 1 atom stereocenters. The number of carbonyl (C=O) groups is 2. The van der Waals surface area contributed by atoms with Crippen molar-refractivity contribution in [3.63, 3.8) is 0 Å². The zero-order chi connectivity index (χ0) is 11.5. The first-order chi connectivity index (χ1) is 6.18. The third-order valence-corrected chi connectivity index (χ3v) is 3.79. The Hall–Kier alpha value is -1.11. The van der Waals surface area contributed by atoms with Crippen LogP contribution in [0.5, 0.6) is 0 Å². The molecule has 0 saturated carbocycles. The van der Waals surface area contributed by atoms with Gasteiger partial charge < -0.3 is 10.8 Å². The summed E-state index contributed by atoms with van der Waals surface area (Å²) in [4.78, 5) is 21.1. The van der Waals surface area contributed by atoms with Crippen LogP contribution in [0.1, 0.15) is 13.8 Å². The van der Waals surface area contributed by atoms with Crippen LogP contribution in [-0.2, 0) is 19.4 Å². The number of carboxylic acids is 1. The highest BCUT2D eigenvalue weighted by Gasteiger charge is 2.36. The summed E-state index contributed by atoms with van der Waals surface area (Å²) >= 11 is 0. The standard InChI is InChI=1S/C7H13NO5S/c1-4(2)6(7(10)11)14(12,13)3-5(8)9/h4,6H,3H2,1-2H3,(H2,8,9)(H,10,11). The van der Waals surface area contributed by atoms with Crippen LogP contribution in [0.3, 0.4) is 0 Å². The van der Waals surface area contributed by atoms with E-state index in [0.717, 1.165) is 0 Å². The molecule has 0 aromatic carbocycles. The molecule has 0 radical (unpaired) electrons. The van der Waals surface area contributed by atoms with Crippen LogP contribution < -0.4 is 5.73 Å². The Morgan fingerprint density at radius 2 is 1.79 bits per heavy atom. The summed E-state index contributed by atoms with van der Waals surface area (Å²) in [6.07, 6.45) is 0. The van der Waals surface area contributed by atoms with Crippen LogP contribution >= 0.6 is 0 Å². The van der Waals surface area contributed by atoms with Gasteiger partial charge in [-0.1, -0.05) is 13.8 Å². The number of rotatable bonds is 5. The van der Waals surface area contributed by atoms with Gasteiger partial charge in [-0.2, -0.15) is 0 Å². The molecule has 1 amide bonds. The van der Waals surface area contributed by atoms with Gasteiger partial charge in [-0.25, -0.2) is 8.42 Å². The van der Waals surface area contributed by atoms with Crippen molar-refractivity contribution in [1.29, 1.82) is 0 Å². The van der Waals surface area contributed by atoms with Gasteiger partial charge in [0.25, 0.3) is 0 Å². The molecule has 7 heteroatoms. The Morgan fingerprint density at radius 3 is 2.00 bits per heavy atom. The number of primary amides is 1. The Balaban J connectivity index is 5.02. The average molecular weight is 223 g/mol. The van der Waals surface area contributed by atoms with Gasteiger partial charge in [-0.3, -0.25) is 9.59 Å². The van der Waals surface area contributed by atoms with E-state index in [1.807, 2.05) is 0 Å². The van der Waals surface area contributed by atoms with Gasteiger partial charge in [0.05, 0.1) is 0 Å². The Labute approximate surface area is 82.0 Å². The smallest absolute Gasteiger partial charge is 0.322 e. The summed E-state index contributed by atoms with van der Waals surface area (Å²) in [7, 11) is -3.99. The third kappa shape index (κ3) is 3.33. The second-order valence-corrected chi connectivity index (χ2v) is 5.40. The van der Waals surface area contributed by atoms with E-state index in [0.29, 0.717) is 0 Å². The lowest BCUT2D eigenvalue weighted by atomic mass is 10.1. The molecule has 0 aromatic heterocycles. The van der Waals surface area contributed by atoms with Crippen molar-refractivity contribution in [1.82, 2.24) is 0 Å².